The van der Waals surface area contributed by atoms with Crippen molar-refractivity contribution in [3.63, 3.8) is 0 Å². The molecule has 0 spiro atoms. The molecular weight excluding hydrogens is 350 g/mol. The van der Waals surface area contributed by atoms with E-state index in [9.17, 15) is 4.79 Å². The summed E-state index contributed by atoms with van der Waals surface area (Å²) >= 11 is 5.08. The van der Waals surface area contributed by atoms with Gasteiger partial charge < -0.3 is 9.80 Å². The molecule has 21 heavy (non-hydrogen) atoms. The first kappa shape index (κ1) is 14.5. The smallest absolute Gasteiger partial charge is 0.254 e. The molecule has 0 atom stereocenters. The number of aryl methyl sites for hydroxylation is 1. The lowest BCUT2D eigenvalue weighted by atomic mass is 10.1. The zero-order valence-electron chi connectivity index (χ0n) is 11.8. The number of carbonyl (C=O) groups excluding carboxylic acids is 1. The van der Waals surface area contributed by atoms with Gasteiger partial charge in [-0.1, -0.05) is 22.0 Å². The summed E-state index contributed by atoms with van der Waals surface area (Å²) in [6.07, 6.45) is 1.82. The third kappa shape index (κ3) is 3.11. The summed E-state index contributed by atoms with van der Waals surface area (Å²) in [6, 6.07) is 5.85. The monoisotopic (exact) mass is 365 g/mol. The Hall–Kier alpha value is -1.40. The highest BCUT2D eigenvalue weighted by Crippen LogP contribution is 2.21. The van der Waals surface area contributed by atoms with E-state index in [1.165, 1.54) is 0 Å². The van der Waals surface area contributed by atoms with Crippen LogP contribution in [0.15, 0.2) is 34.2 Å². The molecular formula is C15H16BrN3OS. The summed E-state index contributed by atoms with van der Waals surface area (Å²) in [4.78, 5) is 21.1. The lowest BCUT2D eigenvalue weighted by Crippen LogP contribution is -2.48. The fraction of sp³-hybridized carbons (Fsp3) is 0.333. The molecule has 6 heteroatoms. The highest BCUT2D eigenvalue weighted by Gasteiger charge is 2.24. The molecule has 0 bridgehead atoms. The number of anilines is 1. The van der Waals surface area contributed by atoms with Crippen molar-refractivity contribution >= 4 is 38.3 Å². The molecule has 1 aromatic heterocycles. The number of rotatable bonds is 2. The van der Waals surface area contributed by atoms with Gasteiger partial charge in [0.15, 0.2) is 5.13 Å². The fourth-order valence-electron chi connectivity index (χ4n) is 2.47. The van der Waals surface area contributed by atoms with Crippen LogP contribution < -0.4 is 4.90 Å². The number of hydrogen-bond acceptors (Lipinski definition) is 4. The van der Waals surface area contributed by atoms with E-state index in [-0.39, 0.29) is 5.91 Å². The summed E-state index contributed by atoms with van der Waals surface area (Å²) in [6.45, 7) is 5.14. The third-order valence-corrected chi connectivity index (χ3v) is 5.01. The minimum atomic E-state index is 0.118. The van der Waals surface area contributed by atoms with Gasteiger partial charge in [-0.25, -0.2) is 4.98 Å². The van der Waals surface area contributed by atoms with Crippen molar-refractivity contribution in [2.24, 2.45) is 0 Å². The molecule has 2 heterocycles. The topological polar surface area (TPSA) is 36.4 Å². The van der Waals surface area contributed by atoms with Crippen molar-refractivity contribution < 1.29 is 4.79 Å². The Morgan fingerprint density at radius 1 is 1.29 bits per heavy atom. The van der Waals surface area contributed by atoms with E-state index in [2.05, 4.69) is 25.8 Å². The molecule has 0 aliphatic carbocycles. The highest BCUT2D eigenvalue weighted by atomic mass is 79.9. The van der Waals surface area contributed by atoms with Crippen molar-refractivity contribution in [1.29, 1.82) is 0 Å². The van der Waals surface area contributed by atoms with Gasteiger partial charge in [-0.3, -0.25) is 4.79 Å². The molecule has 1 amide bonds. The van der Waals surface area contributed by atoms with Gasteiger partial charge in [-0.05, 0) is 24.6 Å². The Morgan fingerprint density at radius 3 is 2.71 bits per heavy atom. The summed E-state index contributed by atoms with van der Waals surface area (Å²) < 4.78 is 0.942. The first-order chi connectivity index (χ1) is 10.1. The number of hydrogen-bond donors (Lipinski definition) is 0. The van der Waals surface area contributed by atoms with Crippen LogP contribution in [0.5, 0.6) is 0 Å². The van der Waals surface area contributed by atoms with Crippen molar-refractivity contribution in [3.8, 4) is 0 Å². The molecule has 0 N–H and O–H groups in total. The van der Waals surface area contributed by atoms with E-state index in [0.717, 1.165) is 46.9 Å². The summed E-state index contributed by atoms with van der Waals surface area (Å²) in [5.41, 5.74) is 1.80. The van der Waals surface area contributed by atoms with Gasteiger partial charge in [0, 0.05) is 47.8 Å². The van der Waals surface area contributed by atoms with Crippen LogP contribution in [-0.2, 0) is 0 Å². The fourth-order valence-corrected chi connectivity index (χ4v) is 3.53. The van der Waals surface area contributed by atoms with Gasteiger partial charge in [0.1, 0.15) is 0 Å². The van der Waals surface area contributed by atoms with Gasteiger partial charge in [0.05, 0.1) is 0 Å². The van der Waals surface area contributed by atoms with Crippen LogP contribution in [0.3, 0.4) is 0 Å². The van der Waals surface area contributed by atoms with E-state index < -0.39 is 0 Å². The Labute approximate surface area is 136 Å². The number of halogens is 1. The number of thiazole rings is 1. The Balaban J connectivity index is 1.69. The third-order valence-electron chi connectivity index (χ3n) is 3.69. The first-order valence-electron chi connectivity index (χ1n) is 6.85. The molecule has 1 aromatic carbocycles. The number of amides is 1. The van der Waals surface area contributed by atoms with Crippen LogP contribution in [0.4, 0.5) is 5.13 Å². The van der Waals surface area contributed by atoms with E-state index in [1.807, 2.05) is 41.6 Å². The molecule has 3 rings (SSSR count). The number of nitrogens with zero attached hydrogens (tertiary/aromatic N) is 3. The quantitative estimate of drug-likeness (QED) is 0.819. The maximum atomic E-state index is 12.6. The SMILES string of the molecule is Cc1ccc(Br)cc1C(=O)N1CCN(c2nccs2)CC1. The van der Waals surface area contributed by atoms with Gasteiger partial charge in [0.25, 0.3) is 5.91 Å². The molecule has 1 aliphatic rings. The first-order valence-corrected chi connectivity index (χ1v) is 8.52. The minimum absolute atomic E-state index is 0.118. The molecule has 1 fully saturated rings. The zero-order valence-corrected chi connectivity index (χ0v) is 14.2. The molecule has 0 unspecified atom stereocenters. The van der Waals surface area contributed by atoms with E-state index in [4.69, 9.17) is 0 Å². The highest BCUT2D eigenvalue weighted by molar-refractivity contribution is 9.10. The van der Waals surface area contributed by atoms with Crippen LogP contribution in [0.25, 0.3) is 0 Å². The average molecular weight is 366 g/mol. The van der Waals surface area contributed by atoms with Crippen molar-refractivity contribution in [2.75, 3.05) is 31.1 Å². The number of aromatic nitrogens is 1. The largest absolute Gasteiger partial charge is 0.345 e. The van der Waals surface area contributed by atoms with Crippen molar-refractivity contribution in [2.45, 2.75) is 6.92 Å². The van der Waals surface area contributed by atoms with Gasteiger partial charge >= 0.3 is 0 Å². The van der Waals surface area contributed by atoms with Crippen molar-refractivity contribution in [3.05, 3.63) is 45.4 Å². The maximum Gasteiger partial charge on any atom is 0.254 e. The van der Waals surface area contributed by atoms with Crippen LogP contribution >= 0.6 is 27.3 Å². The van der Waals surface area contributed by atoms with Crippen molar-refractivity contribution in [1.82, 2.24) is 9.88 Å². The standard InChI is InChI=1S/C15H16BrN3OS/c1-11-2-3-12(16)10-13(11)14(20)18-5-7-19(8-6-18)15-17-4-9-21-15/h2-4,9-10H,5-8H2,1H3. The Morgan fingerprint density at radius 2 is 2.05 bits per heavy atom. The Kier molecular flexibility index (Phi) is 4.26. The second-order valence-corrected chi connectivity index (χ2v) is 6.84. The molecule has 110 valence electrons. The predicted octanol–water partition coefficient (Wildman–Crippen LogP) is 3.18. The van der Waals surface area contributed by atoms with Crippen LogP contribution in [0.2, 0.25) is 0 Å². The second-order valence-electron chi connectivity index (χ2n) is 5.05. The lowest BCUT2D eigenvalue weighted by Gasteiger charge is -2.34. The van der Waals surface area contributed by atoms with Gasteiger partial charge in [-0.15, -0.1) is 11.3 Å². The van der Waals surface area contributed by atoms with E-state index in [1.54, 1.807) is 11.3 Å². The zero-order chi connectivity index (χ0) is 14.8. The molecule has 2 aromatic rings. The summed E-state index contributed by atoms with van der Waals surface area (Å²) in [7, 11) is 0. The summed E-state index contributed by atoms with van der Waals surface area (Å²) in [5.74, 6) is 0.118. The molecule has 4 nitrogen and oxygen atoms in total. The lowest BCUT2D eigenvalue weighted by molar-refractivity contribution is 0.0746. The van der Waals surface area contributed by atoms with Crippen LogP contribution in [-0.4, -0.2) is 42.0 Å². The maximum absolute atomic E-state index is 12.6. The molecule has 0 radical (unpaired) electrons. The van der Waals surface area contributed by atoms with Crippen LogP contribution in [0, 0.1) is 6.92 Å². The van der Waals surface area contributed by atoms with E-state index in [0.29, 0.717) is 0 Å². The summed E-state index contributed by atoms with van der Waals surface area (Å²) in [5, 5.41) is 3.03. The number of carbonyl (C=O) groups is 1. The van der Waals surface area contributed by atoms with Gasteiger partial charge in [-0.2, -0.15) is 0 Å². The number of benzene rings is 1. The number of piperazine rings is 1. The normalized spacial score (nSPS) is 15.3. The predicted molar refractivity (Wildman–Crippen MR) is 89.1 cm³/mol. The second kappa shape index (κ2) is 6.15. The Bertz CT molecular complexity index is 636. The molecule has 1 aliphatic heterocycles. The van der Waals surface area contributed by atoms with E-state index >= 15 is 0 Å². The van der Waals surface area contributed by atoms with Crippen LogP contribution in [0.1, 0.15) is 15.9 Å². The van der Waals surface area contributed by atoms with Gasteiger partial charge in [0.2, 0.25) is 0 Å². The average Bonchev–Trinajstić information content (AvgIpc) is 3.03. The molecule has 1 saturated heterocycles. The molecule has 0 saturated carbocycles. The minimum Gasteiger partial charge on any atom is -0.345 e.